The first kappa shape index (κ1) is 25.2. The number of hydrogen-bond acceptors (Lipinski definition) is 11. The van der Waals surface area contributed by atoms with Gasteiger partial charge in [0.1, 0.15) is 6.04 Å². The maximum Gasteiger partial charge on any atom is 0.350 e. The SMILES string of the molecule is COc1cc(C(Nc2ccc(-c3noc(C)n3)cc2)c2nn(-c3ncccn3)c(=O)[nH]2)cc(CC#N)c1OC. The number of aromatic amines is 1. The summed E-state index contributed by atoms with van der Waals surface area (Å²) in [6, 6.07) is 14.1. The standard InChI is InChI=1S/C26H23N9O4/c1-15-30-23(34-39-15)16-5-7-19(8-6-16)31-21(18-13-17(9-10-27)22(38-3)20(14-18)37-2)24-32-26(36)35(33-24)25-28-11-4-12-29-25/h4-8,11-14,21,31H,9H2,1-3H3,(H,32,33,36). The normalized spacial score (nSPS) is 11.5. The van der Waals surface area contributed by atoms with Crippen molar-refractivity contribution in [3.8, 4) is 34.9 Å². The van der Waals surface area contributed by atoms with Crippen LogP contribution in [0.4, 0.5) is 5.69 Å². The van der Waals surface area contributed by atoms with Crippen molar-refractivity contribution >= 4 is 5.69 Å². The van der Waals surface area contributed by atoms with Gasteiger partial charge in [0, 0.05) is 36.1 Å². The number of anilines is 1. The largest absolute Gasteiger partial charge is 0.493 e. The Kier molecular flexibility index (Phi) is 7.00. The van der Waals surface area contributed by atoms with Crippen molar-refractivity contribution in [3.63, 3.8) is 0 Å². The Bertz CT molecular complexity index is 1690. The van der Waals surface area contributed by atoms with Crippen LogP contribution in [0.1, 0.15) is 28.9 Å². The molecule has 3 heterocycles. The second-order valence-electron chi connectivity index (χ2n) is 8.32. The zero-order valence-corrected chi connectivity index (χ0v) is 21.2. The summed E-state index contributed by atoms with van der Waals surface area (Å²) in [5, 5.41) is 21.3. The Morgan fingerprint density at radius 3 is 2.56 bits per heavy atom. The average Bonchev–Trinajstić information content (AvgIpc) is 3.57. The highest BCUT2D eigenvalue weighted by Crippen LogP contribution is 2.37. The first-order valence-electron chi connectivity index (χ1n) is 11.8. The minimum absolute atomic E-state index is 0.0850. The molecule has 0 spiro atoms. The first-order chi connectivity index (χ1) is 19.0. The molecule has 39 heavy (non-hydrogen) atoms. The summed E-state index contributed by atoms with van der Waals surface area (Å²) in [7, 11) is 3.03. The third-order valence-corrected chi connectivity index (χ3v) is 5.81. The van der Waals surface area contributed by atoms with E-state index < -0.39 is 11.7 Å². The van der Waals surface area contributed by atoms with Gasteiger partial charge in [-0.3, -0.25) is 4.98 Å². The van der Waals surface area contributed by atoms with Gasteiger partial charge in [0.25, 0.3) is 5.95 Å². The van der Waals surface area contributed by atoms with E-state index in [9.17, 15) is 10.1 Å². The van der Waals surface area contributed by atoms with E-state index in [-0.39, 0.29) is 12.4 Å². The number of aryl methyl sites for hydroxylation is 1. The number of aromatic nitrogens is 7. The monoisotopic (exact) mass is 525 g/mol. The predicted octanol–water partition coefficient (Wildman–Crippen LogP) is 2.99. The minimum Gasteiger partial charge on any atom is -0.493 e. The number of ether oxygens (including phenoxy) is 2. The lowest BCUT2D eigenvalue weighted by Crippen LogP contribution is -2.18. The first-order valence-corrected chi connectivity index (χ1v) is 11.8. The van der Waals surface area contributed by atoms with Crippen LogP contribution in [0.3, 0.4) is 0 Å². The van der Waals surface area contributed by atoms with E-state index in [0.29, 0.717) is 45.9 Å². The van der Waals surface area contributed by atoms with Crippen LogP contribution < -0.4 is 20.5 Å². The number of benzene rings is 2. The lowest BCUT2D eigenvalue weighted by atomic mass is 9.99. The molecule has 0 aliphatic carbocycles. The lowest BCUT2D eigenvalue weighted by Gasteiger charge is -2.21. The molecule has 3 aromatic heterocycles. The van der Waals surface area contributed by atoms with E-state index in [2.05, 4.69) is 41.6 Å². The zero-order chi connectivity index (χ0) is 27.4. The Balaban J connectivity index is 1.59. The van der Waals surface area contributed by atoms with Gasteiger partial charge < -0.3 is 19.3 Å². The van der Waals surface area contributed by atoms with Gasteiger partial charge in [0.2, 0.25) is 11.7 Å². The third-order valence-electron chi connectivity index (χ3n) is 5.81. The molecule has 0 saturated carbocycles. The highest BCUT2D eigenvalue weighted by molar-refractivity contribution is 5.61. The van der Waals surface area contributed by atoms with E-state index in [4.69, 9.17) is 14.0 Å². The van der Waals surface area contributed by atoms with Gasteiger partial charge in [-0.25, -0.2) is 14.8 Å². The predicted molar refractivity (Wildman–Crippen MR) is 139 cm³/mol. The molecule has 196 valence electrons. The topological polar surface area (TPSA) is 170 Å². The van der Waals surface area contributed by atoms with Crippen molar-refractivity contribution in [1.82, 2.24) is 34.9 Å². The number of nitrogens with zero attached hydrogens (tertiary/aromatic N) is 7. The number of rotatable bonds is 9. The van der Waals surface area contributed by atoms with Gasteiger partial charge in [0.05, 0.1) is 26.7 Å². The molecule has 2 aromatic carbocycles. The summed E-state index contributed by atoms with van der Waals surface area (Å²) in [5.41, 5.74) is 2.27. The summed E-state index contributed by atoms with van der Waals surface area (Å²) in [6.45, 7) is 1.72. The quantitative estimate of drug-likeness (QED) is 0.290. The molecule has 2 N–H and O–H groups in total. The van der Waals surface area contributed by atoms with Gasteiger partial charge in [-0.1, -0.05) is 5.16 Å². The maximum absolute atomic E-state index is 12.9. The molecule has 1 atom stereocenters. The summed E-state index contributed by atoms with van der Waals surface area (Å²) < 4.78 is 17.2. The van der Waals surface area contributed by atoms with Crippen LogP contribution in [0.5, 0.6) is 11.5 Å². The van der Waals surface area contributed by atoms with Crippen molar-refractivity contribution in [2.24, 2.45) is 0 Å². The van der Waals surface area contributed by atoms with Crippen molar-refractivity contribution in [3.05, 3.63) is 88.2 Å². The number of methoxy groups -OCH3 is 2. The van der Waals surface area contributed by atoms with Crippen LogP contribution in [0.2, 0.25) is 0 Å². The molecule has 5 rings (SSSR count). The van der Waals surface area contributed by atoms with Gasteiger partial charge >= 0.3 is 5.69 Å². The summed E-state index contributed by atoms with van der Waals surface area (Å²) in [5.74, 6) is 2.25. The molecular weight excluding hydrogens is 502 g/mol. The summed E-state index contributed by atoms with van der Waals surface area (Å²) >= 11 is 0. The highest BCUT2D eigenvalue weighted by atomic mass is 16.5. The molecule has 0 aliphatic rings. The number of nitrogens with one attached hydrogen (secondary N) is 2. The number of hydrogen-bond donors (Lipinski definition) is 2. The molecule has 0 aliphatic heterocycles. The lowest BCUT2D eigenvalue weighted by molar-refractivity contribution is 0.352. The van der Waals surface area contributed by atoms with E-state index >= 15 is 0 Å². The molecule has 13 heteroatoms. The van der Waals surface area contributed by atoms with Crippen molar-refractivity contribution in [1.29, 1.82) is 5.26 Å². The third kappa shape index (κ3) is 5.16. The molecule has 0 saturated heterocycles. The molecule has 0 bridgehead atoms. The Hall–Kier alpha value is -5.51. The number of nitriles is 1. The van der Waals surface area contributed by atoms with E-state index in [1.54, 1.807) is 19.1 Å². The fourth-order valence-corrected chi connectivity index (χ4v) is 4.06. The molecule has 1 unspecified atom stereocenters. The Labute approximate surface area is 222 Å². The molecule has 0 fully saturated rings. The minimum atomic E-state index is -0.668. The fraction of sp³-hybridized carbons (Fsp3) is 0.192. The fourth-order valence-electron chi connectivity index (χ4n) is 4.06. The summed E-state index contributed by atoms with van der Waals surface area (Å²) in [4.78, 5) is 28.2. The van der Waals surface area contributed by atoms with Crippen LogP contribution in [-0.4, -0.2) is 49.1 Å². The van der Waals surface area contributed by atoms with Crippen molar-refractivity contribution in [2.75, 3.05) is 19.5 Å². The van der Waals surface area contributed by atoms with Crippen LogP contribution in [-0.2, 0) is 6.42 Å². The van der Waals surface area contributed by atoms with Gasteiger partial charge in [-0.05, 0) is 48.0 Å². The van der Waals surface area contributed by atoms with E-state index in [1.165, 1.54) is 26.6 Å². The Morgan fingerprint density at radius 2 is 1.92 bits per heavy atom. The molecule has 5 aromatic rings. The molecular formula is C26H23N9O4. The number of H-pyrrole nitrogens is 1. The van der Waals surface area contributed by atoms with Crippen LogP contribution in [0.25, 0.3) is 17.3 Å². The smallest absolute Gasteiger partial charge is 0.350 e. The maximum atomic E-state index is 12.9. The Morgan fingerprint density at radius 1 is 1.15 bits per heavy atom. The van der Waals surface area contributed by atoms with Crippen LogP contribution >= 0.6 is 0 Å². The van der Waals surface area contributed by atoms with Crippen molar-refractivity contribution < 1.29 is 14.0 Å². The van der Waals surface area contributed by atoms with E-state index in [0.717, 1.165) is 10.2 Å². The molecule has 0 radical (unpaired) electrons. The second-order valence-corrected chi connectivity index (χ2v) is 8.32. The van der Waals surface area contributed by atoms with Crippen LogP contribution in [0.15, 0.2) is 64.2 Å². The average molecular weight is 526 g/mol. The van der Waals surface area contributed by atoms with Gasteiger partial charge in [-0.15, -0.1) is 9.78 Å². The van der Waals surface area contributed by atoms with Gasteiger partial charge in [-0.2, -0.15) is 10.2 Å². The second kappa shape index (κ2) is 10.9. The van der Waals surface area contributed by atoms with Crippen molar-refractivity contribution in [2.45, 2.75) is 19.4 Å². The zero-order valence-electron chi connectivity index (χ0n) is 21.2. The summed E-state index contributed by atoms with van der Waals surface area (Å²) in [6.07, 6.45) is 3.13. The van der Waals surface area contributed by atoms with Crippen LogP contribution in [0, 0.1) is 18.3 Å². The van der Waals surface area contributed by atoms with Gasteiger partial charge in [0.15, 0.2) is 17.3 Å². The van der Waals surface area contributed by atoms with E-state index in [1.807, 2.05) is 30.3 Å². The molecule has 0 amide bonds. The highest BCUT2D eigenvalue weighted by Gasteiger charge is 2.24. The molecule has 13 nitrogen and oxygen atoms in total.